The van der Waals surface area contributed by atoms with E-state index in [9.17, 15) is 9.90 Å². The summed E-state index contributed by atoms with van der Waals surface area (Å²) in [5, 5.41) is 13.1. The lowest BCUT2D eigenvalue weighted by Crippen LogP contribution is -2.45. The van der Waals surface area contributed by atoms with Gasteiger partial charge in [-0.2, -0.15) is 0 Å². The normalized spacial score (nSPS) is 38.7. The van der Waals surface area contributed by atoms with Crippen LogP contribution in [0.25, 0.3) is 0 Å². The van der Waals surface area contributed by atoms with Crippen LogP contribution in [0.2, 0.25) is 0 Å². The minimum atomic E-state index is -0.335. The Bertz CT molecular complexity index is 267. The molecule has 0 bridgehead atoms. The first-order valence-electron chi connectivity index (χ1n) is 7.17. The third kappa shape index (κ3) is 3.21. The number of aliphatic hydroxyl groups is 1. The molecule has 2 aliphatic carbocycles. The largest absolute Gasteiger partial charge is 0.391 e. The molecule has 0 aromatic carbocycles. The van der Waals surface area contributed by atoms with Crippen LogP contribution in [-0.2, 0) is 4.79 Å². The molecule has 2 saturated carbocycles. The predicted octanol–water partition coefficient (Wildman–Crippen LogP) is 2.23. The first kappa shape index (κ1) is 12.9. The van der Waals surface area contributed by atoms with Gasteiger partial charge in [-0.15, -0.1) is 0 Å². The number of nitrogens with one attached hydrogen (secondary N) is 1. The molecule has 0 radical (unpaired) electrons. The molecule has 1 amide bonds. The SMILES string of the molecule is CC1CCCC1C(=O)NC1CCCCCC1O. The average molecular weight is 239 g/mol. The van der Waals surface area contributed by atoms with Crippen LogP contribution in [0.5, 0.6) is 0 Å². The van der Waals surface area contributed by atoms with Gasteiger partial charge in [0.1, 0.15) is 0 Å². The van der Waals surface area contributed by atoms with Crippen molar-refractivity contribution in [1.29, 1.82) is 0 Å². The van der Waals surface area contributed by atoms with Crippen LogP contribution in [0, 0.1) is 11.8 Å². The Balaban J connectivity index is 1.88. The number of hydrogen-bond donors (Lipinski definition) is 2. The Hall–Kier alpha value is -0.570. The standard InChI is InChI=1S/C14H25NO2/c1-10-6-5-7-11(10)14(17)15-12-8-3-2-4-9-13(12)16/h10-13,16H,2-9H2,1H3,(H,15,17). The lowest BCUT2D eigenvalue weighted by Gasteiger charge is -2.24. The van der Waals surface area contributed by atoms with Crippen molar-refractivity contribution < 1.29 is 9.90 Å². The zero-order valence-corrected chi connectivity index (χ0v) is 10.8. The Morgan fingerprint density at radius 1 is 1.06 bits per heavy atom. The van der Waals surface area contributed by atoms with Crippen LogP contribution < -0.4 is 5.32 Å². The van der Waals surface area contributed by atoms with E-state index >= 15 is 0 Å². The van der Waals surface area contributed by atoms with Gasteiger partial charge in [0.15, 0.2) is 0 Å². The van der Waals surface area contributed by atoms with Gasteiger partial charge in [-0.3, -0.25) is 4.79 Å². The van der Waals surface area contributed by atoms with Crippen molar-refractivity contribution in [2.75, 3.05) is 0 Å². The van der Waals surface area contributed by atoms with Crippen molar-refractivity contribution in [2.24, 2.45) is 11.8 Å². The van der Waals surface area contributed by atoms with E-state index in [1.165, 1.54) is 19.3 Å². The van der Waals surface area contributed by atoms with Crippen LogP contribution in [0.1, 0.15) is 58.3 Å². The number of carbonyl (C=O) groups is 1. The zero-order chi connectivity index (χ0) is 12.3. The van der Waals surface area contributed by atoms with E-state index in [2.05, 4.69) is 12.2 Å². The summed E-state index contributed by atoms with van der Waals surface area (Å²) in [6.45, 7) is 2.17. The molecule has 0 aliphatic heterocycles. The van der Waals surface area contributed by atoms with Crippen molar-refractivity contribution >= 4 is 5.91 Å². The monoisotopic (exact) mass is 239 g/mol. The molecule has 0 heterocycles. The second-order valence-corrected chi connectivity index (χ2v) is 5.84. The second-order valence-electron chi connectivity index (χ2n) is 5.84. The zero-order valence-electron chi connectivity index (χ0n) is 10.8. The summed E-state index contributed by atoms with van der Waals surface area (Å²) < 4.78 is 0. The summed E-state index contributed by atoms with van der Waals surface area (Å²) in [5.74, 6) is 0.879. The smallest absolute Gasteiger partial charge is 0.223 e. The van der Waals surface area contributed by atoms with Crippen LogP contribution in [0.15, 0.2) is 0 Å². The number of carbonyl (C=O) groups excluding carboxylic acids is 1. The molecular weight excluding hydrogens is 214 g/mol. The van der Waals surface area contributed by atoms with Gasteiger partial charge >= 0.3 is 0 Å². The van der Waals surface area contributed by atoms with E-state index < -0.39 is 0 Å². The first-order chi connectivity index (χ1) is 8.18. The van der Waals surface area contributed by atoms with Crippen molar-refractivity contribution in [3.63, 3.8) is 0 Å². The summed E-state index contributed by atoms with van der Waals surface area (Å²) in [6.07, 6.45) is 8.21. The van der Waals surface area contributed by atoms with Gasteiger partial charge in [0.25, 0.3) is 0 Å². The van der Waals surface area contributed by atoms with Crippen molar-refractivity contribution in [3.8, 4) is 0 Å². The number of amides is 1. The highest BCUT2D eigenvalue weighted by atomic mass is 16.3. The molecule has 4 atom stereocenters. The molecule has 2 N–H and O–H groups in total. The minimum absolute atomic E-state index is 0.00204. The van der Waals surface area contributed by atoms with E-state index in [1.54, 1.807) is 0 Å². The molecule has 0 aromatic heterocycles. The Morgan fingerprint density at radius 3 is 2.53 bits per heavy atom. The maximum absolute atomic E-state index is 12.2. The molecular formula is C14H25NO2. The third-order valence-electron chi connectivity index (χ3n) is 4.51. The van der Waals surface area contributed by atoms with Crippen molar-refractivity contribution in [1.82, 2.24) is 5.32 Å². The van der Waals surface area contributed by atoms with Gasteiger partial charge in [0, 0.05) is 5.92 Å². The van der Waals surface area contributed by atoms with Gasteiger partial charge < -0.3 is 10.4 Å². The molecule has 4 unspecified atom stereocenters. The molecule has 3 heteroatoms. The minimum Gasteiger partial charge on any atom is -0.391 e. The van der Waals surface area contributed by atoms with Gasteiger partial charge in [-0.25, -0.2) is 0 Å². The lowest BCUT2D eigenvalue weighted by atomic mass is 9.96. The number of aliphatic hydroxyl groups excluding tert-OH is 1. The Kier molecular flexibility index (Phi) is 4.43. The highest BCUT2D eigenvalue weighted by Crippen LogP contribution is 2.31. The van der Waals surface area contributed by atoms with Gasteiger partial charge in [-0.1, -0.05) is 32.6 Å². The summed E-state index contributed by atoms with van der Waals surface area (Å²) in [4.78, 5) is 12.2. The van der Waals surface area contributed by atoms with E-state index in [0.717, 1.165) is 32.1 Å². The van der Waals surface area contributed by atoms with E-state index in [1.807, 2.05) is 0 Å². The number of hydrogen-bond acceptors (Lipinski definition) is 2. The second kappa shape index (κ2) is 5.85. The summed E-state index contributed by atoms with van der Waals surface area (Å²) in [6, 6.07) is -0.00204. The fraction of sp³-hybridized carbons (Fsp3) is 0.929. The highest BCUT2D eigenvalue weighted by molar-refractivity contribution is 5.79. The fourth-order valence-electron chi connectivity index (χ4n) is 3.28. The predicted molar refractivity (Wildman–Crippen MR) is 67.5 cm³/mol. The van der Waals surface area contributed by atoms with Crippen molar-refractivity contribution in [3.05, 3.63) is 0 Å². The average Bonchev–Trinajstić information content (AvgIpc) is 2.63. The van der Waals surface area contributed by atoms with Gasteiger partial charge in [-0.05, 0) is 31.6 Å². The molecule has 0 aromatic rings. The fourth-order valence-corrected chi connectivity index (χ4v) is 3.28. The summed E-state index contributed by atoms with van der Waals surface area (Å²) >= 11 is 0. The van der Waals surface area contributed by atoms with Crippen LogP contribution >= 0.6 is 0 Å². The number of rotatable bonds is 2. The van der Waals surface area contributed by atoms with Gasteiger partial charge in [0.2, 0.25) is 5.91 Å². The molecule has 2 fully saturated rings. The summed E-state index contributed by atoms with van der Waals surface area (Å²) in [7, 11) is 0. The molecule has 3 nitrogen and oxygen atoms in total. The highest BCUT2D eigenvalue weighted by Gasteiger charge is 2.32. The maximum Gasteiger partial charge on any atom is 0.223 e. The van der Waals surface area contributed by atoms with Crippen LogP contribution in [-0.4, -0.2) is 23.2 Å². The first-order valence-corrected chi connectivity index (χ1v) is 7.17. The van der Waals surface area contributed by atoms with Crippen LogP contribution in [0.4, 0.5) is 0 Å². The third-order valence-corrected chi connectivity index (χ3v) is 4.51. The summed E-state index contributed by atoms with van der Waals surface area (Å²) in [5.41, 5.74) is 0. The molecule has 2 rings (SSSR count). The van der Waals surface area contributed by atoms with E-state index in [4.69, 9.17) is 0 Å². The Morgan fingerprint density at radius 2 is 1.82 bits per heavy atom. The van der Waals surface area contributed by atoms with E-state index in [0.29, 0.717) is 5.92 Å². The molecule has 0 spiro atoms. The van der Waals surface area contributed by atoms with Gasteiger partial charge in [0.05, 0.1) is 12.1 Å². The van der Waals surface area contributed by atoms with E-state index in [-0.39, 0.29) is 24.0 Å². The maximum atomic E-state index is 12.2. The van der Waals surface area contributed by atoms with Crippen LogP contribution in [0.3, 0.4) is 0 Å². The lowest BCUT2D eigenvalue weighted by molar-refractivity contribution is -0.127. The Labute approximate surface area is 104 Å². The quantitative estimate of drug-likeness (QED) is 0.726. The molecule has 98 valence electrons. The molecule has 2 aliphatic rings. The molecule has 17 heavy (non-hydrogen) atoms. The topological polar surface area (TPSA) is 49.3 Å². The molecule has 0 saturated heterocycles. The van der Waals surface area contributed by atoms with Crippen molar-refractivity contribution in [2.45, 2.75) is 70.4 Å².